The van der Waals surface area contributed by atoms with Crippen molar-refractivity contribution in [2.24, 2.45) is 5.92 Å². The molecule has 0 aliphatic heterocycles. The monoisotopic (exact) mass is 549 g/mol. The van der Waals surface area contributed by atoms with Crippen molar-refractivity contribution in [3.63, 3.8) is 0 Å². The number of aryl methyl sites for hydroxylation is 1. The van der Waals surface area contributed by atoms with Crippen LogP contribution in [0.1, 0.15) is 51.2 Å². The van der Waals surface area contributed by atoms with Crippen molar-refractivity contribution in [3.8, 4) is 6.07 Å². The molecule has 1 fully saturated rings. The minimum atomic E-state index is -1.90. The highest BCUT2D eigenvalue weighted by Crippen LogP contribution is 2.39. The SMILES string of the molecule is Cc1cnc(Nc2cc(Cl)c(Br)c(CO[Si](C)(C)C(C)(C)C)c2)nc1NC1CCC[C@@H]1C#N. The lowest BCUT2D eigenvalue weighted by Gasteiger charge is -2.36. The third-order valence-electron chi connectivity index (χ3n) is 6.73. The van der Waals surface area contributed by atoms with Gasteiger partial charge >= 0.3 is 0 Å². The van der Waals surface area contributed by atoms with Crippen molar-refractivity contribution < 1.29 is 4.43 Å². The third kappa shape index (κ3) is 6.27. The summed E-state index contributed by atoms with van der Waals surface area (Å²) in [6.45, 7) is 13.6. The average molecular weight is 551 g/mol. The van der Waals surface area contributed by atoms with Crippen molar-refractivity contribution in [3.05, 3.63) is 39.0 Å². The summed E-state index contributed by atoms with van der Waals surface area (Å²) in [7, 11) is -1.90. The summed E-state index contributed by atoms with van der Waals surface area (Å²) >= 11 is 10.1. The van der Waals surface area contributed by atoms with Gasteiger partial charge in [-0.2, -0.15) is 10.2 Å². The molecule has 1 unspecified atom stereocenters. The molecule has 9 heteroatoms. The van der Waals surface area contributed by atoms with Crippen LogP contribution in [0.5, 0.6) is 0 Å². The van der Waals surface area contributed by atoms with Crippen LogP contribution in [0.4, 0.5) is 17.5 Å². The molecule has 1 saturated carbocycles. The molecule has 6 nitrogen and oxygen atoms in total. The molecule has 1 aliphatic rings. The second-order valence-corrected chi connectivity index (χ2v) is 16.3. The first-order valence-corrected chi connectivity index (χ1v) is 15.4. The van der Waals surface area contributed by atoms with Gasteiger partial charge in [0.1, 0.15) is 5.82 Å². The maximum absolute atomic E-state index is 9.39. The minimum absolute atomic E-state index is 0.0181. The molecule has 0 bridgehead atoms. The van der Waals surface area contributed by atoms with Crippen LogP contribution in [0.15, 0.2) is 22.8 Å². The van der Waals surface area contributed by atoms with Crippen molar-refractivity contribution in [1.29, 1.82) is 5.26 Å². The van der Waals surface area contributed by atoms with Crippen LogP contribution in [-0.4, -0.2) is 24.3 Å². The van der Waals surface area contributed by atoms with Gasteiger partial charge in [0.2, 0.25) is 5.95 Å². The Bertz CT molecular complexity index is 1050. The highest BCUT2D eigenvalue weighted by Gasteiger charge is 2.37. The van der Waals surface area contributed by atoms with E-state index < -0.39 is 8.32 Å². The van der Waals surface area contributed by atoms with Crippen molar-refractivity contribution in [1.82, 2.24) is 9.97 Å². The molecule has 0 amide bonds. The Kier molecular flexibility index (Phi) is 8.10. The van der Waals surface area contributed by atoms with Crippen LogP contribution in [-0.2, 0) is 11.0 Å². The third-order valence-corrected chi connectivity index (χ3v) is 12.7. The molecule has 2 aromatic rings. The van der Waals surface area contributed by atoms with E-state index >= 15 is 0 Å². The molecule has 33 heavy (non-hydrogen) atoms. The van der Waals surface area contributed by atoms with Crippen molar-refractivity contribution >= 4 is 53.3 Å². The largest absolute Gasteiger partial charge is 0.413 e. The Morgan fingerprint density at radius 2 is 2.03 bits per heavy atom. The predicted octanol–water partition coefficient (Wildman–Crippen LogP) is 7.57. The van der Waals surface area contributed by atoms with Crippen LogP contribution in [0.3, 0.4) is 0 Å². The van der Waals surface area contributed by atoms with Crippen LogP contribution in [0.25, 0.3) is 0 Å². The Morgan fingerprint density at radius 3 is 2.70 bits per heavy atom. The lowest BCUT2D eigenvalue weighted by Crippen LogP contribution is -2.40. The Balaban J connectivity index is 1.79. The highest BCUT2D eigenvalue weighted by molar-refractivity contribution is 9.10. The standard InChI is InChI=1S/C24H33BrClN5OSi/c1-15-13-28-23(31-22(15)30-20-9-7-8-16(20)12-27)29-18-10-17(21(25)19(26)11-18)14-32-33(5,6)24(2,3)4/h10-11,13,16,20H,7-9,14H2,1-6H3,(H2,28,29,30,31)/t16-,20?/m1/s1. The van der Waals surface area contributed by atoms with E-state index in [4.69, 9.17) is 16.0 Å². The van der Waals surface area contributed by atoms with Gasteiger partial charge < -0.3 is 15.1 Å². The number of halogens is 2. The van der Waals surface area contributed by atoms with E-state index in [2.05, 4.69) is 76.5 Å². The molecule has 2 N–H and O–H groups in total. The van der Waals surface area contributed by atoms with Gasteiger partial charge in [-0.05, 0) is 77.9 Å². The molecular formula is C24H33BrClN5OSi. The molecule has 0 radical (unpaired) electrons. The molecule has 1 aromatic heterocycles. The summed E-state index contributed by atoms with van der Waals surface area (Å²) in [6.07, 6.45) is 4.75. The number of hydrogen-bond donors (Lipinski definition) is 2. The molecule has 1 aliphatic carbocycles. The van der Waals surface area contributed by atoms with E-state index in [9.17, 15) is 5.26 Å². The van der Waals surface area contributed by atoms with Gasteiger partial charge in [-0.3, -0.25) is 0 Å². The zero-order valence-corrected chi connectivity index (χ0v) is 23.6. The minimum Gasteiger partial charge on any atom is -0.413 e. The molecule has 178 valence electrons. The number of nitrogens with zero attached hydrogens (tertiary/aromatic N) is 3. The second kappa shape index (κ2) is 10.3. The van der Waals surface area contributed by atoms with Gasteiger partial charge in [0.15, 0.2) is 8.32 Å². The van der Waals surface area contributed by atoms with Crippen LogP contribution in [0.2, 0.25) is 23.2 Å². The van der Waals surface area contributed by atoms with Gasteiger partial charge in [-0.1, -0.05) is 32.4 Å². The summed E-state index contributed by atoms with van der Waals surface area (Å²) < 4.78 is 7.24. The maximum atomic E-state index is 9.39. The predicted molar refractivity (Wildman–Crippen MR) is 142 cm³/mol. The Hall–Kier alpha value is -1.66. The maximum Gasteiger partial charge on any atom is 0.229 e. The smallest absolute Gasteiger partial charge is 0.229 e. The quantitative estimate of drug-likeness (QED) is 0.346. The number of benzene rings is 1. The number of hydrogen-bond acceptors (Lipinski definition) is 6. The molecule has 2 atom stereocenters. The van der Waals surface area contributed by atoms with Gasteiger partial charge in [-0.15, -0.1) is 0 Å². The zero-order chi connectivity index (χ0) is 24.4. The normalized spacial score (nSPS) is 18.8. The highest BCUT2D eigenvalue weighted by atomic mass is 79.9. The number of nitrogens with one attached hydrogen (secondary N) is 2. The fraction of sp³-hybridized carbons (Fsp3) is 0.542. The lowest BCUT2D eigenvalue weighted by atomic mass is 10.1. The van der Waals surface area contributed by atoms with E-state index in [-0.39, 0.29) is 17.0 Å². The summed E-state index contributed by atoms with van der Waals surface area (Å²) in [4.78, 5) is 9.12. The number of rotatable bonds is 7. The van der Waals surface area contributed by atoms with E-state index in [1.54, 1.807) is 6.20 Å². The van der Waals surface area contributed by atoms with Crippen molar-refractivity contribution in [2.75, 3.05) is 10.6 Å². The van der Waals surface area contributed by atoms with Crippen LogP contribution >= 0.6 is 27.5 Å². The summed E-state index contributed by atoms with van der Waals surface area (Å²) in [6, 6.07) is 6.39. The number of aromatic nitrogens is 2. The first-order chi connectivity index (χ1) is 15.4. The van der Waals surface area contributed by atoms with Gasteiger partial charge in [0, 0.05) is 28.0 Å². The fourth-order valence-corrected chi connectivity index (χ4v) is 5.07. The van der Waals surface area contributed by atoms with Gasteiger partial charge in [0.05, 0.1) is 23.6 Å². The summed E-state index contributed by atoms with van der Waals surface area (Å²) in [5, 5.41) is 16.9. The first-order valence-electron chi connectivity index (χ1n) is 11.3. The topological polar surface area (TPSA) is 82.9 Å². The van der Waals surface area contributed by atoms with E-state index in [1.807, 2.05) is 19.1 Å². The molecular weight excluding hydrogens is 518 g/mol. The molecule has 0 saturated heterocycles. The van der Waals surface area contributed by atoms with E-state index in [0.717, 1.165) is 46.4 Å². The molecule has 0 spiro atoms. The number of anilines is 3. The molecule has 1 heterocycles. The second-order valence-electron chi connectivity index (χ2n) is 10.2. The Labute approximate surface area is 211 Å². The molecule has 1 aromatic carbocycles. The fourth-order valence-electron chi connectivity index (χ4n) is 3.54. The first kappa shape index (κ1) is 26.0. The number of nitriles is 1. The van der Waals surface area contributed by atoms with E-state index in [1.165, 1.54) is 0 Å². The molecule has 3 rings (SSSR count). The zero-order valence-electron chi connectivity index (χ0n) is 20.2. The van der Waals surface area contributed by atoms with Gasteiger partial charge in [0.25, 0.3) is 0 Å². The summed E-state index contributed by atoms with van der Waals surface area (Å²) in [5.41, 5.74) is 2.71. The van der Waals surface area contributed by atoms with Crippen LogP contribution < -0.4 is 10.6 Å². The Morgan fingerprint density at radius 1 is 1.30 bits per heavy atom. The average Bonchev–Trinajstić information content (AvgIpc) is 3.18. The van der Waals surface area contributed by atoms with Gasteiger partial charge in [-0.25, -0.2) is 4.98 Å². The van der Waals surface area contributed by atoms with E-state index in [0.29, 0.717) is 17.6 Å². The lowest BCUT2D eigenvalue weighted by molar-refractivity contribution is 0.276. The van der Waals surface area contributed by atoms with Crippen molar-refractivity contribution in [2.45, 2.75) is 77.7 Å². The van der Waals surface area contributed by atoms with Crippen LogP contribution in [0, 0.1) is 24.2 Å². The summed E-state index contributed by atoms with van der Waals surface area (Å²) in [5.74, 6) is 1.25.